The SMILES string of the molecule is Cc1nc(CN2C(=O)c3cccn3C3CN(Cc4scnc4C)CC32)cs1.O=C(O)C(F)(F)F. The van der Waals surface area contributed by atoms with Gasteiger partial charge in [0.05, 0.1) is 40.5 Å². The first-order valence-electron chi connectivity index (χ1n) is 10.3. The molecule has 34 heavy (non-hydrogen) atoms. The molecule has 13 heteroatoms. The summed E-state index contributed by atoms with van der Waals surface area (Å²) < 4.78 is 33.9. The highest BCUT2D eigenvalue weighted by molar-refractivity contribution is 7.09. The number of rotatable bonds is 4. The van der Waals surface area contributed by atoms with E-state index < -0.39 is 12.1 Å². The van der Waals surface area contributed by atoms with Gasteiger partial charge in [0.15, 0.2) is 0 Å². The Labute approximate surface area is 201 Å². The van der Waals surface area contributed by atoms with Crippen molar-refractivity contribution in [2.45, 2.75) is 45.2 Å². The number of aromatic nitrogens is 3. The number of nitrogens with zero attached hydrogens (tertiary/aromatic N) is 5. The Morgan fingerprint density at radius 2 is 1.91 bits per heavy atom. The zero-order valence-corrected chi connectivity index (χ0v) is 20.0. The predicted molar refractivity (Wildman–Crippen MR) is 120 cm³/mol. The van der Waals surface area contributed by atoms with Crippen LogP contribution in [0.25, 0.3) is 0 Å². The topological polar surface area (TPSA) is 91.6 Å². The number of carbonyl (C=O) groups excluding carboxylic acids is 1. The van der Waals surface area contributed by atoms with Crippen LogP contribution in [0, 0.1) is 13.8 Å². The van der Waals surface area contributed by atoms with Crippen LogP contribution in [-0.2, 0) is 17.9 Å². The number of likely N-dealkylation sites (tertiary alicyclic amines) is 1. The van der Waals surface area contributed by atoms with Crippen molar-refractivity contribution < 1.29 is 27.9 Å². The molecule has 3 aromatic heterocycles. The number of halogens is 3. The van der Waals surface area contributed by atoms with Crippen molar-refractivity contribution in [3.63, 3.8) is 0 Å². The minimum Gasteiger partial charge on any atom is -0.475 e. The summed E-state index contributed by atoms with van der Waals surface area (Å²) in [4.78, 5) is 36.8. The molecule has 1 N–H and O–H groups in total. The second-order valence-electron chi connectivity index (χ2n) is 8.08. The van der Waals surface area contributed by atoms with Gasteiger partial charge in [-0.25, -0.2) is 14.8 Å². The van der Waals surface area contributed by atoms with Crippen LogP contribution in [0.4, 0.5) is 13.2 Å². The number of hydrogen-bond donors (Lipinski definition) is 1. The minimum atomic E-state index is -5.08. The van der Waals surface area contributed by atoms with Crippen molar-refractivity contribution >= 4 is 34.6 Å². The zero-order valence-electron chi connectivity index (χ0n) is 18.3. The number of aliphatic carboxylic acids is 1. The lowest BCUT2D eigenvalue weighted by atomic mass is 10.1. The van der Waals surface area contributed by atoms with Gasteiger partial charge in [-0.05, 0) is 26.0 Å². The van der Waals surface area contributed by atoms with Crippen molar-refractivity contribution in [3.05, 3.63) is 56.2 Å². The third kappa shape index (κ3) is 5.00. The van der Waals surface area contributed by atoms with Crippen LogP contribution in [0.5, 0.6) is 0 Å². The van der Waals surface area contributed by atoms with Gasteiger partial charge < -0.3 is 14.6 Å². The molecule has 182 valence electrons. The first kappa shape index (κ1) is 24.4. The summed E-state index contributed by atoms with van der Waals surface area (Å²) in [5.74, 6) is -2.64. The summed E-state index contributed by atoms with van der Waals surface area (Å²) in [6.07, 6.45) is -3.03. The molecule has 5 rings (SSSR count). The molecule has 8 nitrogen and oxygen atoms in total. The van der Waals surface area contributed by atoms with Crippen LogP contribution in [0.15, 0.2) is 29.2 Å². The third-order valence-electron chi connectivity index (χ3n) is 5.80. The van der Waals surface area contributed by atoms with Crippen LogP contribution in [0.1, 0.15) is 37.8 Å². The quantitative estimate of drug-likeness (QED) is 0.572. The number of carboxylic acids is 1. The largest absolute Gasteiger partial charge is 0.490 e. The smallest absolute Gasteiger partial charge is 0.475 e. The molecule has 0 spiro atoms. The molecule has 3 aromatic rings. The van der Waals surface area contributed by atoms with Gasteiger partial charge in [-0.3, -0.25) is 9.69 Å². The van der Waals surface area contributed by atoms with E-state index in [-0.39, 0.29) is 11.9 Å². The van der Waals surface area contributed by atoms with E-state index in [1.807, 2.05) is 29.5 Å². The van der Waals surface area contributed by atoms with E-state index in [1.54, 1.807) is 22.7 Å². The van der Waals surface area contributed by atoms with Gasteiger partial charge in [-0.1, -0.05) is 0 Å². The van der Waals surface area contributed by atoms with E-state index >= 15 is 0 Å². The molecule has 5 heterocycles. The molecular formula is C21H22F3N5O3S2. The highest BCUT2D eigenvalue weighted by Crippen LogP contribution is 2.35. The lowest BCUT2D eigenvalue weighted by molar-refractivity contribution is -0.192. The van der Waals surface area contributed by atoms with Crippen LogP contribution in [-0.4, -0.2) is 66.6 Å². The Kier molecular flexibility index (Phi) is 6.78. The van der Waals surface area contributed by atoms with Gasteiger partial charge in [0, 0.05) is 36.1 Å². The average Bonchev–Trinajstić information content (AvgIpc) is 3.53. The van der Waals surface area contributed by atoms with E-state index in [2.05, 4.69) is 37.9 Å². The molecule has 0 aliphatic carbocycles. The van der Waals surface area contributed by atoms with Crippen LogP contribution in [0.3, 0.4) is 0 Å². The average molecular weight is 514 g/mol. The molecule has 2 aliphatic heterocycles. The summed E-state index contributed by atoms with van der Waals surface area (Å²) in [6.45, 7) is 7.40. The van der Waals surface area contributed by atoms with Gasteiger partial charge in [-0.15, -0.1) is 22.7 Å². The second-order valence-corrected chi connectivity index (χ2v) is 10.1. The predicted octanol–water partition coefficient (Wildman–Crippen LogP) is 3.73. The fraction of sp³-hybridized carbons (Fsp3) is 0.429. The Morgan fingerprint density at radius 1 is 1.21 bits per heavy atom. The molecule has 0 aromatic carbocycles. The molecule has 1 fully saturated rings. The molecule has 2 unspecified atom stereocenters. The standard InChI is InChI=1S/C19H21N5OS2.C2HF3O2/c1-12-18(27-11-20-12)9-22-7-16-17(8-22)24(6-14-10-26-13(2)21-14)19(25)15-4-3-5-23(15)16;3-2(4,5)1(6)7/h3-5,10-11,16-17H,6-9H2,1-2H3;(H,6,7). The van der Waals surface area contributed by atoms with Gasteiger partial charge in [-0.2, -0.15) is 13.2 Å². The van der Waals surface area contributed by atoms with E-state index in [9.17, 15) is 18.0 Å². The van der Waals surface area contributed by atoms with Gasteiger partial charge in [0.25, 0.3) is 5.91 Å². The number of carboxylic acid groups (broad SMARTS) is 1. The zero-order chi connectivity index (χ0) is 24.6. The van der Waals surface area contributed by atoms with E-state index in [1.165, 1.54) is 4.88 Å². The Balaban J connectivity index is 0.000000344. The highest BCUT2D eigenvalue weighted by Gasteiger charge is 2.45. The second kappa shape index (κ2) is 9.47. The Bertz CT molecular complexity index is 1190. The summed E-state index contributed by atoms with van der Waals surface area (Å²) in [7, 11) is 0. The molecule has 0 radical (unpaired) electrons. The first-order chi connectivity index (χ1) is 16.0. The Morgan fingerprint density at radius 3 is 2.50 bits per heavy atom. The van der Waals surface area contributed by atoms with Crippen molar-refractivity contribution in [2.75, 3.05) is 13.1 Å². The van der Waals surface area contributed by atoms with Crippen LogP contribution >= 0.6 is 22.7 Å². The fourth-order valence-corrected chi connectivity index (χ4v) is 5.67. The van der Waals surface area contributed by atoms with Gasteiger partial charge in [0.1, 0.15) is 5.69 Å². The molecule has 0 saturated carbocycles. The monoisotopic (exact) mass is 513 g/mol. The van der Waals surface area contributed by atoms with Gasteiger partial charge in [0.2, 0.25) is 0 Å². The maximum absolute atomic E-state index is 13.2. The number of hydrogen-bond acceptors (Lipinski definition) is 7. The number of amides is 1. The van der Waals surface area contributed by atoms with E-state index in [0.29, 0.717) is 12.6 Å². The lowest BCUT2D eigenvalue weighted by Gasteiger charge is -2.38. The lowest BCUT2D eigenvalue weighted by Crippen LogP contribution is -2.49. The molecule has 0 bridgehead atoms. The first-order valence-corrected chi connectivity index (χ1v) is 12.1. The van der Waals surface area contributed by atoms with Crippen LogP contribution < -0.4 is 0 Å². The normalized spacial score (nSPS) is 20.0. The van der Waals surface area contributed by atoms with Crippen molar-refractivity contribution in [3.8, 4) is 0 Å². The van der Waals surface area contributed by atoms with Crippen molar-refractivity contribution in [1.29, 1.82) is 0 Å². The number of alkyl halides is 3. The fourth-order valence-electron chi connectivity index (χ4n) is 4.24. The number of aryl methyl sites for hydroxylation is 2. The maximum Gasteiger partial charge on any atom is 0.490 e. The minimum absolute atomic E-state index is 0.114. The summed E-state index contributed by atoms with van der Waals surface area (Å²) in [5, 5.41) is 10.2. The van der Waals surface area contributed by atoms with E-state index in [4.69, 9.17) is 9.90 Å². The number of fused-ring (bicyclic) bond motifs is 3. The summed E-state index contributed by atoms with van der Waals surface area (Å²) >= 11 is 3.36. The molecule has 1 amide bonds. The number of thiazole rings is 2. The summed E-state index contributed by atoms with van der Waals surface area (Å²) in [5.41, 5.74) is 4.81. The molecule has 2 atom stereocenters. The molecule has 1 saturated heterocycles. The van der Waals surface area contributed by atoms with E-state index in [0.717, 1.165) is 41.7 Å². The summed E-state index contributed by atoms with van der Waals surface area (Å²) in [6, 6.07) is 4.39. The molecule has 2 aliphatic rings. The van der Waals surface area contributed by atoms with Crippen molar-refractivity contribution in [1.82, 2.24) is 24.3 Å². The third-order valence-corrected chi connectivity index (χ3v) is 7.55. The number of carbonyl (C=O) groups is 2. The molecular weight excluding hydrogens is 491 g/mol. The maximum atomic E-state index is 13.2. The van der Waals surface area contributed by atoms with Crippen molar-refractivity contribution in [2.24, 2.45) is 0 Å². The van der Waals surface area contributed by atoms with Crippen LogP contribution in [0.2, 0.25) is 0 Å². The van der Waals surface area contributed by atoms with Gasteiger partial charge >= 0.3 is 12.1 Å². The highest BCUT2D eigenvalue weighted by atomic mass is 32.1. The Hall–Kier alpha value is -2.77.